The van der Waals surface area contributed by atoms with Crippen LogP contribution >= 0.6 is 44.2 Å². The van der Waals surface area contributed by atoms with Gasteiger partial charge in [0.25, 0.3) is 0 Å². The first kappa shape index (κ1) is 113. The topological polar surface area (TPSA) is 391 Å². The Kier molecular flexibility index (Phi) is 139. The second-order valence-electron chi connectivity index (χ2n) is 10.4. The van der Waals surface area contributed by atoms with Crippen LogP contribution in [0.3, 0.4) is 0 Å². The van der Waals surface area contributed by atoms with Crippen LogP contribution in [0, 0.1) is 7.43 Å². The largest absolute Gasteiger partial charge is 1.00 e. The zero-order valence-electron chi connectivity index (χ0n) is 33.3. The van der Waals surface area contributed by atoms with Crippen LogP contribution in [0.4, 0.5) is 0 Å². The van der Waals surface area contributed by atoms with Gasteiger partial charge in [-0.05, 0) is 14.8 Å². The molecule has 0 amide bonds. The molecule has 0 aromatic carbocycles. The summed E-state index contributed by atoms with van der Waals surface area (Å²) in [5.74, 6) is 0.378. The third-order valence-electron chi connectivity index (χ3n) is 6.60. The molecule has 0 rings (SSSR count). The predicted molar refractivity (Wildman–Crippen MR) is 216 cm³/mol. The monoisotopic (exact) mass is 1440 g/mol. The molecule has 0 saturated carbocycles. The molecule has 0 fully saturated rings. The second-order valence-corrected chi connectivity index (χ2v) is 33.4. The Hall–Kier alpha value is 10.2. The van der Waals surface area contributed by atoms with E-state index in [0.29, 0.717) is 0 Å². The van der Waals surface area contributed by atoms with Crippen molar-refractivity contribution in [3.8, 4) is 0 Å². The smallest absolute Gasteiger partial charge is 0.870 e. The Labute approximate surface area is 547 Å². The Morgan fingerprint density at radius 3 is 0.552 bits per heavy atom. The van der Waals surface area contributed by atoms with E-state index in [1.165, 1.54) is 6.92 Å². The van der Waals surface area contributed by atoms with E-state index in [9.17, 15) is 40.9 Å². The standard InChI is InChI=1S/C10H28O8P3.C7H20O6P2.C3H9O3P.C2H4O.2CH4.CH3.2Na.H2O.6Y/c11-1-19(2-12,3-13)9-21(7-17,8-18)10-20(4-14,5-15)6-16;8-1-14(2-9,3-10)7-15(4-11,5-12)6-13;4-1-7(2-5)3-6;1-2-3;;;;;;;;;;;;/h11-18H,1-10H2;8-13H,1-7H2;4-6H,1-3H2;2H,1H3;2*1H4;1H3;;;1H2;;;;;;/q+3;+2;;;;;-1;;+1;;;;;;;/p-1. The first-order valence-corrected chi connectivity index (χ1v) is 28.0. The van der Waals surface area contributed by atoms with Crippen LogP contribution < -0.4 is 29.6 Å². The number of aldehydes is 1. The summed E-state index contributed by atoms with van der Waals surface area (Å²) in [6, 6.07) is 0. The molecule has 0 saturated heterocycles. The summed E-state index contributed by atoms with van der Waals surface area (Å²) in [5.41, 5.74) is 0. The van der Waals surface area contributed by atoms with Crippen LogP contribution in [0.1, 0.15) is 21.8 Å². The minimum absolute atomic E-state index is 0. The van der Waals surface area contributed by atoms with Crippen LogP contribution in [0.5, 0.6) is 0 Å². The van der Waals surface area contributed by atoms with Crippen molar-refractivity contribution in [3.05, 3.63) is 7.43 Å². The van der Waals surface area contributed by atoms with E-state index in [-0.39, 0.29) is 358 Å². The molecule has 7 radical (unpaired) electrons. The van der Waals surface area contributed by atoms with Gasteiger partial charge in [-0.2, -0.15) is 0 Å². The molecule has 0 aliphatic rings. The number of carbonyl (C=O) groups excluding carboxylic acids is 1. The zero-order chi connectivity index (χ0) is 36.9. The SMILES string of the molecule is C.C.CC=O.OCP(CO)CO.OC[P+](CO)(CO)C[P+](CO)(CO)CO.OC[P+](CO)(CO)C[P+](CO)(CO)C[P+](CO)(CO)CO.[CH3-].[Na+].[Na].[OH-].[Y].[Y].[Y].[Y].[Y].[Y]. The first-order chi connectivity index (χ1) is 21.7. The number of carbonyl (C=O) groups is 1. The molecule has 58 heavy (non-hydrogen) atoms. The molecule has 18 N–H and O–H groups in total. The van der Waals surface area contributed by atoms with Gasteiger partial charge in [-0.25, -0.2) is 0 Å². The molecule has 33 heteroatoms. The third kappa shape index (κ3) is 48.4. The molecule has 0 aromatic heterocycles. The van der Waals surface area contributed by atoms with E-state index < -0.39 is 95.0 Å². The van der Waals surface area contributed by atoms with Crippen molar-refractivity contribution in [2.24, 2.45) is 0 Å². The maximum atomic E-state index is 9.71. The van der Waals surface area contributed by atoms with Crippen LogP contribution in [0.2, 0.25) is 0 Å². The van der Waals surface area contributed by atoms with Crippen LogP contribution in [0.15, 0.2) is 0 Å². The van der Waals surface area contributed by atoms with Gasteiger partial charge in [0, 0.05) is 226 Å². The van der Waals surface area contributed by atoms with Gasteiger partial charge in [0.05, 0.1) is 19.0 Å². The molecule has 0 aliphatic heterocycles. The van der Waals surface area contributed by atoms with E-state index in [4.69, 9.17) is 50.8 Å². The van der Waals surface area contributed by atoms with Crippen molar-refractivity contribution < 1.29 is 323 Å². The zero-order valence-corrected chi connectivity index (χ0v) is 59.7. The van der Waals surface area contributed by atoms with Crippen molar-refractivity contribution in [2.75, 3.05) is 126 Å². The van der Waals surface area contributed by atoms with Gasteiger partial charge >= 0.3 is 29.6 Å². The van der Waals surface area contributed by atoms with Gasteiger partial charge in [0.1, 0.15) is 42.6 Å². The fraction of sp³-hybridized carbons (Fsp3) is 0.920. The second kappa shape index (κ2) is 71.4. The minimum atomic E-state index is -2.55. The molecule has 0 atom stereocenters. The van der Waals surface area contributed by atoms with Crippen LogP contribution in [-0.2, 0) is 201 Å². The number of hydrogen-bond acceptors (Lipinski definition) is 19. The molecule has 0 aliphatic carbocycles. The van der Waals surface area contributed by atoms with Crippen molar-refractivity contribution in [2.45, 2.75) is 21.8 Å². The van der Waals surface area contributed by atoms with Gasteiger partial charge in [-0.3, -0.25) is 0 Å². The Bertz CT molecular complexity index is 644. The van der Waals surface area contributed by atoms with Crippen LogP contribution in [0.25, 0.3) is 0 Å². The van der Waals surface area contributed by atoms with Gasteiger partial charge in [0.15, 0.2) is 107 Å². The number of hydrogen-bond donors (Lipinski definition) is 17. The van der Waals surface area contributed by atoms with Crippen molar-refractivity contribution >= 4 is 80.1 Å². The maximum absolute atomic E-state index is 9.71. The molecule has 0 unspecified atom stereocenters. The van der Waals surface area contributed by atoms with Gasteiger partial charge < -0.3 is 105 Å². The average Bonchev–Trinajstić information content (AvgIpc) is 3.12. The quantitative estimate of drug-likeness (QED) is 0.0197. The Balaban J connectivity index is -0.0000000306. The normalized spacial score (nSPS) is 9.84. The fourth-order valence-electron chi connectivity index (χ4n) is 3.38. The minimum Gasteiger partial charge on any atom is -0.870 e. The summed E-state index contributed by atoms with van der Waals surface area (Å²) in [6.45, 7) is 1.44. The van der Waals surface area contributed by atoms with E-state index in [1.807, 2.05) is 0 Å². The van der Waals surface area contributed by atoms with E-state index in [2.05, 4.69) is 0 Å². The molecule has 0 spiro atoms. The average molecular weight is 1440 g/mol. The summed E-state index contributed by atoms with van der Waals surface area (Å²) in [6.07, 6.45) is -4.83. The third-order valence-corrected chi connectivity index (χ3v) is 30.6. The fourth-order valence-corrected chi connectivity index (χ4v) is 27.0. The Morgan fingerprint density at radius 2 is 0.483 bits per heavy atom. The molecule has 0 aromatic rings. The van der Waals surface area contributed by atoms with Crippen molar-refractivity contribution in [1.29, 1.82) is 0 Å². The molecule has 19 nitrogen and oxygen atoms in total. The molecule has 0 bridgehead atoms. The van der Waals surface area contributed by atoms with Crippen molar-refractivity contribution in [3.63, 3.8) is 0 Å². The van der Waals surface area contributed by atoms with Crippen molar-refractivity contribution in [1.82, 2.24) is 0 Å². The maximum Gasteiger partial charge on any atom is 1.00 e. The van der Waals surface area contributed by atoms with Gasteiger partial charge in [-0.15, -0.1) is 0 Å². The number of aliphatic hydroxyl groups excluding tert-OH is 17. The van der Waals surface area contributed by atoms with Gasteiger partial charge in [0.2, 0.25) is 0 Å². The number of rotatable bonds is 23. The summed E-state index contributed by atoms with van der Waals surface area (Å²) in [7, 11) is -13.3. The van der Waals surface area contributed by atoms with Gasteiger partial charge in [-0.1, -0.05) is 14.9 Å². The van der Waals surface area contributed by atoms with E-state index >= 15 is 0 Å². The molecular formula is C25H73Na2O19P6Y6+4. The predicted octanol–water partition coefficient (Wildman–Crippen LogP) is -5.09. The molecule has 333 valence electrons. The van der Waals surface area contributed by atoms with Crippen LogP contribution in [-0.4, -0.2) is 254 Å². The van der Waals surface area contributed by atoms with E-state index in [1.54, 1.807) is 0 Å². The van der Waals surface area contributed by atoms with E-state index in [0.717, 1.165) is 6.29 Å². The Morgan fingerprint density at radius 1 is 0.379 bits per heavy atom. The summed E-state index contributed by atoms with van der Waals surface area (Å²) >= 11 is 0. The first-order valence-electron chi connectivity index (χ1n) is 13.5. The summed E-state index contributed by atoms with van der Waals surface area (Å²) in [4.78, 5) is 8.81. The summed E-state index contributed by atoms with van der Waals surface area (Å²) in [5, 5.41) is 156. The molecule has 0 heterocycles. The summed E-state index contributed by atoms with van der Waals surface area (Å²) < 4.78 is 0. The number of aliphatic hydroxyl groups is 17. The molecular weight excluding hydrogens is 1370 g/mol.